The van der Waals surface area contributed by atoms with Crippen LogP contribution < -0.4 is 15.5 Å². The van der Waals surface area contributed by atoms with Gasteiger partial charge < -0.3 is 15.0 Å². The third-order valence-electron chi connectivity index (χ3n) is 4.58. The maximum atomic E-state index is 12.0. The second-order valence-corrected chi connectivity index (χ2v) is 7.40. The summed E-state index contributed by atoms with van der Waals surface area (Å²) in [6, 6.07) is 13.6. The van der Waals surface area contributed by atoms with E-state index in [4.69, 9.17) is 16.3 Å². The van der Waals surface area contributed by atoms with Crippen LogP contribution in [-0.4, -0.2) is 48.5 Å². The molecule has 31 heavy (non-hydrogen) atoms. The van der Waals surface area contributed by atoms with Gasteiger partial charge in [0.1, 0.15) is 5.75 Å². The van der Waals surface area contributed by atoms with Crippen molar-refractivity contribution in [2.24, 2.45) is 5.10 Å². The number of hydrazone groups is 1. The molecule has 2 N–H and O–H groups in total. The molecule has 2 aromatic carbocycles. The summed E-state index contributed by atoms with van der Waals surface area (Å²) in [5.41, 5.74) is 3.54. The monoisotopic (exact) mass is 442 g/mol. The number of carbonyl (C=O) groups excluding carboxylic acids is 3. The molecule has 2 aromatic rings. The van der Waals surface area contributed by atoms with Crippen molar-refractivity contribution in [2.75, 3.05) is 25.0 Å². The molecule has 0 radical (unpaired) electrons. The third kappa shape index (κ3) is 7.11. The standard InChI is InChI=1S/C22H23ClN4O4/c23-17-5-4-6-18(13-17)25-20(28)15-31-19-9-7-16(8-10-19)14-24-26-21(29)22(30)27-11-2-1-3-12-27/h4-10,13-14H,1-3,11-12,15H2,(H,25,28)(H,26,29)/b24-14-. The lowest BCUT2D eigenvalue weighted by Crippen LogP contribution is -2.43. The Morgan fingerprint density at radius 3 is 2.52 bits per heavy atom. The van der Waals surface area contributed by atoms with Gasteiger partial charge in [0.15, 0.2) is 6.61 Å². The van der Waals surface area contributed by atoms with Crippen molar-refractivity contribution in [1.29, 1.82) is 0 Å². The number of nitrogens with one attached hydrogen (secondary N) is 2. The molecule has 0 aliphatic carbocycles. The van der Waals surface area contributed by atoms with Gasteiger partial charge in [-0.15, -0.1) is 0 Å². The molecule has 0 bridgehead atoms. The van der Waals surface area contributed by atoms with E-state index in [1.165, 1.54) is 6.21 Å². The number of nitrogens with zero attached hydrogens (tertiary/aromatic N) is 2. The summed E-state index contributed by atoms with van der Waals surface area (Å²) < 4.78 is 5.46. The summed E-state index contributed by atoms with van der Waals surface area (Å²) in [6.45, 7) is 1.05. The number of piperidine rings is 1. The van der Waals surface area contributed by atoms with E-state index in [2.05, 4.69) is 15.8 Å². The largest absolute Gasteiger partial charge is 0.484 e. The Labute approximate surface area is 185 Å². The second kappa shape index (κ2) is 11.1. The van der Waals surface area contributed by atoms with Gasteiger partial charge in [-0.1, -0.05) is 17.7 Å². The summed E-state index contributed by atoms with van der Waals surface area (Å²) in [7, 11) is 0. The molecule has 0 unspecified atom stereocenters. The van der Waals surface area contributed by atoms with Crippen molar-refractivity contribution in [1.82, 2.24) is 10.3 Å². The number of halogens is 1. The van der Waals surface area contributed by atoms with Gasteiger partial charge >= 0.3 is 11.8 Å². The molecule has 0 atom stereocenters. The first-order chi connectivity index (χ1) is 15.0. The maximum absolute atomic E-state index is 12.0. The highest BCUT2D eigenvalue weighted by molar-refractivity contribution is 6.35. The molecular formula is C22H23ClN4O4. The van der Waals surface area contributed by atoms with Gasteiger partial charge in [0.2, 0.25) is 0 Å². The van der Waals surface area contributed by atoms with Crippen LogP contribution in [0.15, 0.2) is 53.6 Å². The predicted octanol–water partition coefficient (Wildman–Crippen LogP) is 2.82. The number of amides is 3. The summed E-state index contributed by atoms with van der Waals surface area (Å²) >= 11 is 5.89. The molecule has 3 rings (SSSR count). The summed E-state index contributed by atoms with van der Waals surface area (Å²) in [4.78, 5) is 37.4. The van der Waals surface area contributed by atoms with Gasteiger partial charge in [-0.3, -0.25) is 14.4 Å². The summed E-state index contributed by atoms with van der Waals surface area (Å²) in [5, 5.41) is 7.05. The van der Waals surface area contributed by atoms with Crippen molar-refractivity contribution >= 4 is 41.2 Å². The van der Waals surface area contributed by atoms with Gasteiger partial charge in [-0.25, -0.2) is 5.43 Å². The Kier molecular flexibility index (Phi) is 8.00. The molecule has 1 aliphatic heterocycles. The summed E-state index contributed by atoms with van der Waals surface area (Å²) in [6.07, 6.45) is 4.34. The quantitative estimate of drug-likeness (QED) is 0.408. The first-order valence-electron chi connectivity index (χ1n) is 9.92. The summed E-state index contributed by atoms with van der Waals surface area (Å²) in [5.74, 6) is -1.11. The maximum Gasteiger partial charge on any atom is 0.329 e. The molecule has 9 heteroatoms. The number of hydrogen-bond acceptors (Lipinski definition) is 5. The number of hydrogen-bond donors (Lipinski definition) is 2. The van der Waals surface area contributed by atoms with Crippen molar-refractivity contribution in [3.63, 3.8) is 0 Å². The average molecular weight is 443 g/mol. The van der Waals surface area contributed by atoms with E-state index >= 15 is 0 Å². The lowest BCUT2D eigenvalue weighted by Gasteiger charge is -2.25. The molecular weight excluding hydrogens is 420 g/mol. The highest BCUT2D eigenvalue weighted by atomic mass is 35.5. The zero-order valence-electron chi connectivity index (χ0n) is 16.8. The highest BCUT2D eigenvalue weighted by Gasteiger charge is 2.22. The van der Waals surface area contributed by atoms with Crippen LogP contribution in [0.3, 0.4) is 0 Å². The minimum Gasteiger partial charge on any atom is -0.484 e. The van der Waals surface area contributed by atoms with E-state index < -0.39 is 11.8 Å². The van der Waals surface area contributed by atoms with Gasteiger partial charge in [0.05, 0.1) is 6.21 Å². The van der Waals surface area contributed by atoms with Gasteiger partial charge in [0, 0.05) is 23.8 Å². The lowest BCUT2D eigenvalue weighted by atomic mass is 10.1. The van der Waals surface area contributed by atoms with Crippen LogP contribution in [0.25, 0.3) is 0 Å². The zero-order valence-corrected chi connectivity index (χ0v) is 17.6. The van der Waals surface area contributed by atoms with Crippen LogP contribution in [0, 0.1) is 0 Å². The molecule has 1 fully saturated rings. The Morgan fingerprint density at radius 1 is 1.06 bits per heavy atom. The molecule has 1 aliphatic rings. The smallest absolute Gasteiger partial charge is 0.329 e. The fraction of sp³-hybridized carbons (Fsp3) is 0.273. The zero-order chi connectivity index (χ0) is 22.1. The number of anilines is 1. The normalized spacial score (nSPS) is 13.6. The van der Waals surface area contributed by atoms with Crippen molar-refractivity contribution in [3.05, 3.63) is 59.1 Å². The molecule has 3 amide bonds. The van der Waals surface area contributed by atoms with Crippen molar-refractivity contribution < 1.29 is 19.1 Å². The van der Waals surface area contributed by atoms with Crippen LogP contribution in [0.4, 0.5) is 5.69 Å². The molecule has 1 heterocycles. The Bertz CT molecular complexity index is 956. The number of benzene rings is 2. The number of carbonyl (C=O) groups is 3. The van der Waals surface area contributed by atoms with Gasteiger partial charge in [-0.05, 0) is 67.3 Å². The van der Waals surface area contributed by atoms with E-state index in [0.717, 1.165) is 19.3 Å². The lowest BCUT2D eigenvalue weighted by molar-refractivity contribution is -0.146. The first-order valence-corrected chi connectivity index (χ1v) is 10.3. The van der Waals surface area contributed by atoms with Crippen molar-refractivity contribution in [3.8, 4) is 5.75 Å². The Morgan fingerprint density at radius 2 is 1.81 bits per heavy atom. The molecule has 0 aromatic heterocycles. The third-order valence-corrected chi connectivity index (χ3v) is 4.81. The Hall–Kier alpha value is -3.39. The van der Waals surface area contributed by atoms with Gasteiger partial charge in [0.25, 0.3) is 5.91 Å². The number of likely N-dealkylation sites (tertiary alicyclic amines) is 1. The predicted molar refractivity (Wildman–Crippen MR) is 118 cm³/mol. The Balaban J connectivity index is 1.42. The van der Waals surface area contributed by atoms with E-state index in [0.29, 0.717) is 35.1 Å². The highest BCUT2D eigenvalue weighted by Crippen LogP contribution is 2.15. The van der Waals surface area contributed by atoms with Crippen LogP contribution in [-0.2, 0) is 14.4 Å². The van der Waals surface area contributed by atoms with Crippen LogP contribution in [0.2, 0.25) is 5.02 Å². The van der Waals surface area contributed by atoms with Crippen LogP contribution in [0.5, 0.6) is 5.75 Å². The van der Waals surface area contributed by atoms with E-state index in [9.17, 15) is 14.4 Å². The fourth-order valence-corrected chi connectivity index (χ4v) is 3.21. The molecule has 0 spiro atoms. The van der Waals surface area contributed by atoms with E-state index in [-0.39, 0.29) is 12.5 Å². The second-order valence-electron chi connectivity index (χ2n) is 6.97. The molecule has 0 saturated carbocycles. The number of ether oxygens (including phenoxy) is 1. The molecule has 1 saturated heterocycles. The molecule has 162 valence electrons. The topological polar surface area (TPSA) is 100 Å². The SMILES string of the molecule is O=C(COc1ccc(/C=N\NC(=O)C(=O)N2CCCCC2)cc1)Nc1cccc(Cl)c1. The number of rotatable bonds is 6. The average Bonchev–Trinajstić information content (AvgIpc) is 2.78. The first kappa shape index (κ1) is 22.3. The minimum absolute atomic E-state index is 0.158. The van der Waals surface area contributed by atoms with E-state index in [1.54, 1.807) is 53.4 Å². The fourth-order valence-electron chi connectivity index (χ4n) is 3.02. The molecule has 8 nitrogen and oxygen atoms in total. The van der Waals surface area contributed by atoms with Crippen molar-refractivity contribution in [2.45, 2.75) is 19.3 Å². The van der Waals surface area contributed by atoms with Gasteiger partial charge in [-0.2, -0.15) is 5.10 Å². The van der Waals surface area contributed by atoms with Crippen LogP contribution in [0.1, 0.15) is 24.8 Å². The van der Waals surface area contributed by atoms with Crippen LogP contribution >= 0.6 is 11.6 Å². The minimum atomic E-state index is -0.746. The van der Waals surface area contributed by atoms with E-state index in [1.807, 2.05) is 0 Å².